The number of hydrogen-bond donors (Lipinski definition) is 1. The molecule has 3 heteroatoms. The number of anilines is 1. The van der Waals surface area contributed by atoms with E-state index < -0.39 is 5.41 Å². The molecule has 1 rings (SSSR count). The van der Waals surface area contributed by atoms with Gasteiger partial charge in [0.2, 0.25) is 5.91 Å². The van der Waals surface area contributed by atoms with Gasteiger partial charge in [-0.2, -0.15) is 0 Å². The van der Waals surface area contributed by atoms with Crippen molar-refractivity contribution in [2.24, 2.45) is 0 Å². The summed E-state index contributed by atoms with van der Waals surface area (Å²) in [6, 6.07) is 7.31. The Hall–Kier alpha value is -1.64. The average Bonchev–Trinajstić information content (AvgIpc) is 2.17. The van der Waals surface area contributed by atoms with Crippen molar-refractivity contribution in [3.8, 4) is 0 Å². The van der Waals surface area contributed by atoms with Crippen LogP contribution < -0.4 is 5.32 Å². The van der Waals surface area contributed by atoms with E-state index in [0.717, 1.165) is 17.5 Å². The molecule has 1 aromatic carbocycles. The largest absolute Gasteiger partial charge is 0.326 e. The molecule has 0 spiro atoms. The van der Waals surface area contributed by atoms with Crippen LogP contribution in [0.4, 0.5) is 5.69 Å². The Morgan fingerprint density at radius 1 is 1.40 bits per heavy atom. The number of nitrogens with one attached hydrogen (secondary N) is 1. The van der Waals surface area contributed by atoms with Gasteiger partial charge in [0, 0.05) is 18.0 Å². The van der Waals surface area contributed by atoms with Gasteiger partial charge in [-0.15, -0.1) is 0 Å². The van der Waals surface area contributed by atoms with Gasteiger partial charge in [-0.1, -0.05) is 12.1 Å². The van der Waals surface area contributed by atoms with Gasteiger partial charge in [0.15, 0.2) is 0 Å². The zero-order chi connectivity index (χ0) is 11.5. The van der Waals surface area contributed by atoms with Gasteiger partial charge >= 0.3 is 0 Å². The first-order valence-corrected chi connectivity index (χ1v) is 4.80. The fourth-order valence-corrected chi connectivity index (χ4v) is 1.27. The highest BCUT2D eigenvalue weighted by Gasteiger charge is 2.19. The van der Waals surface area contributed by atoms with Gasteiger partial charge in [0.25, 0.3) is 0 Å². The Morgan fingerprint density at radius 2 is 2.07 bits per heavy atom. The molecule has 0 aliphatic rings. The lowest BCUT2D eigenvalue weighted by Crippen LogP contribution is -2.19. The van der Waals surface area contributed by atoms with E-state index in [-0.39, 0.29) is 5.91 Å². The molecule has 0 aliphatic heterocycles. The summed E-state index contributed by atoms with van der Waals surface area (Å²) in [4.78, 5) is 21.7. The SMILES string of the molecule is CC(=O)Nc1cccc(C(C)(C)C=O)c1. The third-order valence-electron chi connectivity index (χ3n) is 2.22. The molecule has 0 atom stereocenters. The summed E-state index contributed by atoms with van der Waals surface area (Å²) >= 11 is 0. The number of carbonyl (C=O) groups excluding carboxylic acids is 2. The lowest BCUT2D eigenvalue weighted by Gasteiger charge is -2.18. The van der Waals surface area contributed by atoms with Crippen LogP contribution in [0.15, 0.2) is 24.3 Å². The molecule has 0 radical (unpaired) electrons. The van der Waals surface area contributed by atoms with Gasteiger partial charge in [-0.3, -0.25) is 4.79 Å². The minimum Gasteiger partial charge on any atom is -0.326 e. The van der Waals surface area contributed by atoms with E-state index in [1.54, 1.807) is 6.07 Å². The quantitative estimate of drug-likeness (QED) is 0.768. The molecular formula is C12H15NO2. The first-order valence-electron chi connectivity index (χ1n) is 4.80. The van der Waals surface area contributed by atoms with Crippen molar-refractivity contribution in [2.45, 2.75) is 26.2 Å². The Kier molecular flexibility index (Phi) is 3.24. The van der Waals surface area contributed by atoms with Crippen LogP contribution in [0, 0.1) is 0 Å². The smallest absolute Gasteiger partial charge is 0.221 e. The van der Waals surface area contributed by atoms with Gasteiger partial charge in [-0.05, 0) is 31.5 Å². The van der Waals surface area contributed by atoms with Crippen LogP contribution in [0.25, 0.3) is 0 Å². The van der Waals surface area contributed by atoms with E-state index in [4.69, 9.17) is 0 Å². The summed E-state index contributed by atoms with van der Waals surface area (Å²) in [6.07, 6.45) is 0.903. The summed E-state index contributed by atoms with van der Waals surface area (Å²) in [5.74, 6) is -0.115. The second kappa shape index (κ2) is 4.26. The van der Waals surface area contributed by atoms with E-state index >= 15 is 0 Å². The summed E-state index contributed by atoms with van der Waals surface area (Å²) in [5, 5.41) is 2.69. The predicted octanol–water partition coefficient (Wildman–Crippen LogP) is 2.12. The van der Waals surface area contributed by atoms with Gasteiger partial charge < -0.3 is 10.1 Å². The van der Waals surface area contributed by atoms with Crippen LogP contribution in [-0.4, -0.2) is 12.2 Å². The first kappa shape index (κ1) is 11.4. The molecule has 0 aromatic heterocycles. The van der Waals surface area contributed by atoms with Gasteiger partial charge in [-0.25, -0.2) is 0 Å². The molecule has 1 N–H and O–H groups in total. The number of aldehydes is 1. The van der Waals surface area contributed by atoms with Crippen molar-refractivity contribution >= 4 is 17.9 Å². The highest BCUT2D eigenvalue weighted by atomic mass is 16.1. The highest BCUT2D eigenvalue weighted by Crippen LogP contribution is 2.23. The zero-order valence-electron chi connectivity index (χ0n) is 9.20. The van der Waals surface area contributed by atoms with Crippen molar-refractivity contribution < 1.29 is 9.59 Å². The topological polar surface area (TPSA) is 46.2 Å². The van der Waals surface area contributed by atoms with Crippen molar-refractivity contribution in [3.05, 3.63) is 29.8 Å². The maximum atomic E-state index is 10.9. The lowest BCUT2D eigenvalue weighted by atomic mass is 9.86. The van der Waals surface area contributed by atoms with Crippen LogP contribution >= 0.6 is 0 Å². The molecule has 3 nitrogen and oxygen atoms in total. The van der Waals surface area contributed by atoms with Crippen LogP contribution in [0.5, 0.6) is 0 Å². The average molecular weight is 205 g/mol. The van der Waals surface area contributed by atoms with Gasteiger partial charge in [0.05, 0.1) is 0 Å². The van der Waals surface area contributed by atoms with E-state index in [9.17, 15) is 9.59 Å². The number of benzene rings is 1. The molecule has 15 heavy (non-hydrogen) atoms. The fourth-order valence-electron chi connectivity index (χ4n) is 1.27. The molecule has 0 saturated heterocycles. The summed E-state index contributed by atoms with van der Waals surface area (Å²) in [5.41, 5.74) is 1.09. The van der Waals surface area contributed by atoms with Crippen LogP contribution in [0.1, 0.15) is 26.3 Å². The molecular weight excluding hydrogens is 190 g/mol. The summed E-state index contributed by atoms with van der Waals surface area (Å²) < 4.78 is 0. The second-order valence-electron chi connectivity index (χ2n) is 4.10. The van der Waals surface area contributed by atoms with E-state index in [2.05, 4.69) is 5.32 Å². The summed E-state index contributed by atoms with van der Waals surface area (Å²) in [6.45, 7) is 5.14. The Labute approximate surface area is 89.5 Å². The van der Waals surface area contributed by atoms with E-state index in [1.165, 1.54) is 6.92 Å². The molecule has 1 aromatic rings. The number of carbonyl (C=O) groups is 2. The molecule has 0 saturated carbocycles. The predicted molar refractivity (Wildman–Crippen MR) is 59.8 cm³/mol. The zero-order valence-corrected chi connectivity index (χ0v) is 9.20. The molecule has 80 valence electrons. The normalized spacial score (nSPS) is 10.9. The Balaban J connectivity index is 3.02. The van der Waals surface area contributed by atoms with Crippen LogP contribution in [0.2, 0.25) is 0 Å². The van der Waals surface area contributed by atoms with Crippen molar-refractivity contribution in [2.75, 3.05) is 5.32 Å². The molecule has 0 bridgehead atoms. The molecule has 0 heterocycles. The number of rotatable bonds is 3. The molecule has 0 fully saturated rings. The van der Waals surface area contributed by atoms with E-state index in [0.29, 0.717) is 0 Å². The van der Waals surface area contributed by atoms with Crippen LogP contribution in [0.3, 0.4) is 0 Å². The lowest BCUT2D eigenvalue weighted by molar-refractivity contribution is -0.114. The monoisotopic (exact) mass is 205 g/mol. The second-order valence-corrected chi connectivity index (χ2v) is 4.10. The molecule has 0 unspecified atom stereocenters. The third kappa shape index (κ3) is 2.91. The van der Waals surface area contributed by atoms with Crippen molar-refractivity contribution in [3.63, 3.8) is 0 Å². The van der Waals surface area contributed by atoms with Crippen molar-refractivity contribution in [1.29, 1.82) is 0 Å². The maximum Gasteiger partial charge on any atom is 0.221 e. The first-order chi connectivity index (χ1) is 6.95. The summed E-state index contributed by atoms with van der Waals surface area (Å²) in [7, 11) is 0. The molecule has 0 aliphatic carbocycles. The number of hydrogen-bond acceptors (Lipinski definition) is 2. The maximum absolute atomic E-state index is 10.9. The fraction of sp³-hybridized carbons (Fsp3) is 0.333. The van der Waals surface area contributed by atoms with Gasteiger partial charge in [0.1, 0.15) is 6.29 Å². The highest BCUT2D eigenvalue weighted by molar-refractivity contribution is 5.88. The third-order valence-corrected chi connectivity index (χ3v) is 2.22. The Bertz CT molecular complexity index is 383. The standard InChI is InChI=1S/C12H15NO2/c1-9(15)13-11-6-4-5-10(7-11)12(2,3)8-14/h4-8H,1-3H3,(H,13,15). The van der Waals surface area contributed by atoms with E-state index in [1.807, 2.05) is 32.0 Å². The number of amides is 1. The minimum atomic E-state index is -0.519. The van der Waals surface area contributed by atoms with Crippen LogP contribution in [-0.2, 0) is 15.0 Å². The molecule has 1 amide bonds. The van der Waals surface area contributed by atoms with Crippen molar-refractivity contribution in [1.82, 2.24) is 0 Å². The Morgan fingerprint density at radius 3 is 2.60 bits per heavy atom. The minimum absolute atomic E-state index is 0.115.